The van der Waals surface area contributed by atoms with Crippen molar-refractivity contribution < 1.29 is 9.18 Å². The van der Waals surface area contributed by atoms with Crippen molar-refractivity contribution >= 4 is 11.7 Å². The SMILES string of the molecule is Cc1cc(NC(=O)Cc2ccc(F)cc2)nn1C. The second-order valence-corrected chi connectivity index (χ2v) is 4.15. The zero-order valence-corrected chi connectivity index (χ0v) is 10.3. The molecule has 1 N–H and O–H groups in total. The Morgan fingerprint density at radius 2 is 2.06 bits per heavy atom. The summed E-state index contributed by atoms with van der Waals surface area (Å²) >= 11 is 0. The summed E-state index contributed by atoms with van der Waals surface area (Å²) in [4.78, 5) is 11.7. The van der Waals surface area contributed by atoms with Crippen molar-refractivity contribution in [3.05, 3.63) is 47.4 Å². The summed E-state index contributed by atoms with van der Waals surface area (Å²) in [5.74, 6) is 0.0568. The molecule has 0 saturated carbocycles. The van der Waals surface area contributed by atoms with E-state index in [1.54, 1.807) is 22.9 Å². The molecule has 1 aromatic heterocycles. The molecule has 0 aliphatic carbocycles. The Morgan fingerprint density at radius 1 is 1.39 bits per heavy atom. The predicted molar refractivity (Wildman–Crippen MR) is 66.7 cm³/mol. The lowest BCUT2D eigenvalue weighted by Gasteiger charge is -2.02. The minimum atomic E-state index is -0.306. The second kappa shape index (κ2) is 5.00. The van der Waals surface area contributed by atoms with Gasteiger partial charge in [-0.25, -0.2) is 4.39 Å². The Bertz CT molecular complexity index is 541. The molecule has 0 radical (unpaired) electrons. The highest BCUT2D eigenvalue weighted by molar-refractivity contribution is 5.91. The van der Waals surface area contributed by atoms with Crippen LogP contribution in [0.3, 0.4) is 0 Å². The van der Waals surface area contributed by atoms with Crippen molar-refractivity contribution in [2.24, 2.45) is 7.05 Å². The number of benzene rings is 1. The van der Waals surface area contributed by atoms with Crippen molar-refractivity contribution in [3.63, 3.8) is 0 Å². The van der Waals surface area contributed by atoms with Crippen LogP contribution in [0, 0.1) is 12.7 Å². The number of nitrogens with zero attached hydrogens (tertiary/aromatic N) is 2. The third-order valence-electron chi connectivity index (χ3n) is 2.66. The number of carbonyl (C=O) groups excluding carboxylic acids is 1. The van der Waals surface area contributed by atoms with Crippen LogP contribution in [0.5, 0.6) is 0 Å². The number of amides is 1. The van der Waals surface area contributed by atoms with Gasteiger partial charge in [0.1, 0.15) is 5.82 Å². The molecule has 1 aromatic carbocycles. The average molecular weight is 247 g/mol. The lowest BCUT2D eigenvalue weighted by molar-refractivity contribution is -0.115. The Hall–Kier alpha value is -2.17. The Balaban J connectivity index is 1.98. The summed E-state index contributed by atoms with van der Waals surface area (Å²) in [7, 11) is 1.81. The van der Waals surface area contributed by atoms with Crippen LogP contribution in [-0.4, -0.2) is 15.7 Å². The minimum Gasteiger partial charge on any atom is -0.309 e. The number of hydrogen-bond donors (Lipinski definition) is 1. The lowest BCUT2D eigenvalue weighted by Crippen LogP contribution is -2.14. The minimum absolute atomic E-state index is 0.167. The molecule has 0 unspecified atom stereocenters. The molecule has 0 spiro atoms. The zero-order chi connectivity index (χ0) is 13.1. The molecule has 0 fully saturated rings. The summed E-state index contributed by atoms with van der Waals surface area (Å²) in [5.41, 5.74) is 1.73. The zero-order valence-electron chi connectivity index (χ0n) is 10.3. The first-order chi connectivity index (χ1) is 8.54. The van der Waals surface area contributed by atoms with Gasteiger partial charge < -0.3 is 5.32 Å². The number of rotatable bonds is 3. The van der Waals surface area contributed by atoms with Crippen molar-refractivity contribution in [3.8, 4) is 0 Å². The van der Waals surface area contributed by atoms with E-state index in [1.165, 1.54) is 12.1 Å². The standard InChI is InChI=1S/C13H14FN3O/c1-9-7-12(16-17(9)2)15-13(18)8-10-3-5-11(14)6-4-10/h3-7H,8H2,1-2H3,(H,15,16,18). The van der Waals surface area contributed by atoms with E-state index < -0.39 is 0 Å². The fourth-order valence-electron chi connectivity index (χ4n) is 1.60. The molecule has 1 heterocycles. The molecule has 0 bridgehead atoms. The quantitative estimate of drug-likeness (QED) is 0.902. The van der Waals surface area contributed by atoms with E-state index in [9.17, 15) is 9.18 Å². The number of nitrogens with one attached hydrogen (secondary N) is 1. The molecule has 0 atom stereocenters. The monoisotopic (exact) mass is 247 g/mol. The highest BCUT2D eigenvalue weighted by Crippen LogP contribution is 2.08. The second-order valence-electron chi connectivity index (χ2n) is 4.15. The molecule has 0 aliphatic rings. The van der Waals surface area contributed by atoms with Crippen molar-refractivity contribution in [2.75, 3.05) is 5.32 Å². The maximum atomic E-state index is 12.7. The maximum Gasteiger partial charge on any atom is 0.229 e. The van der Waals surface area contributed by atoms with Gasteiger partial charge in [-0.05, 0) is 24.6 Å². The third-order valence-corrected chi connectivity index (χ3v) is 2.66. The summed E-state index contributed by atoms with van der Waals surface area (Å²) < 4.78 is 14.4. The van der Waals surface area contributed by atoms with E-state index in [2.05, 4.69) is 10.4 Å². The number of halogens is 1. The van der Waals surface area contributed by atoms with Crippen LogP contribution in [0.2, 0.25) is 0 Å². The third kappa shape index (κ3) is 2.94. The number of aryl methyl sites for hydroxylation is 2. The van der Waals surface area contributed by atoms with Crippen molar-refractivity contribution in [1.29, 1.82) is 0 Å². The van der Waals surface area contributed by atoms with E-state index in [0.29, 0.717) is 5.82 Å². The molecular formula is C13H14FN3O. The molecule has 0 aliphatic heterocycles. The van der Waals surface area contributed by atoms with Crippen LogP contribution in [-0.2, 0) is 18.3 Å². The fraction of sp³-hybridized carbons (Fsp3) is 0.231. The Kier molecular flexibility index (Phi) is 3.41. The van der Waals surface area contributed by atoms with Gasteiger partial charge in [0.15, 0.2) is 5.82 Å². The summed E-state index contributed by atoms with van der Waals surface area (Å²) in [6.07, 6.45) is 0.204. The molecule has 1 amide bonds. The highest BCUT2D eigenvalue weighted by atomic mass is 19.1. The van der Waals surface area contributed by atoms with E-state index in [-0.39, 0.29) is 18.1 Å². The van der Waals surface area contributed by atoms with Gasteiger partial charge in [0.05, 0.1) is 6.42 Å². The first kappa shape index (κ1) is 12.3. The summed E-state index contributed by atoms with van der Waals surface area (Å²) in [6.45, 7) is 1.91. The maximum absolute atomic E-state index is 12.7. The number of anilines is 1. The van der Waals surface area contributed by atoms with Crippen LogP contribution in [0.4, 0.5) is 10.2 Å². The lowest BCUT2D eigenvalue weighted by atomic mass is 10.1. The van der Waals surface area contributed by atoms with Gasteiger partial charge in [0, 0.05) is 18.8 Å². The molecule has 2 aromatic rings. The highest BCUT2D eigenvalue weighted by Gasteiger charge is 2.07. The van der Waals surface area contributed by atoms with Crippen LogP contribution >= 0.6 is 0 Å². The summed E-state index contributed by atoms with van der Waals surface area (Å²) in [5, 5.41) is 6.83. The van der Waals surface area contributed by atoms with E-state index >= 15 is 0 Å². The van der Waals surface area contributed by atoms with Gasteiger partial charge in [-0.2, -0.15) is 5.10 Å². The van der Waals surface area contributed by atoms with Gasteiger partial charge in [0.2, 0.25) is 5.91 Å². The average Bonchev–Trinajstić information content (AvgIpc) is 2.61. The Labute approximate surface area is 104 Å². The van der Waals surface area contributed by atoms with Gasteiger partial charge in [-0.15, -0.1) is 0 Å². The van der Waals surface area contributed by atoms with Crippen LogP contribution in [0.1, 0.15) is 11.3 Å². The molecule has 2 rings (SSSR count). The van der Waals surface area contributed by atoms with Gasteiger partial charge in [0.25, 0.3) is 0 Å². The Morgan fingerprint density at radius 3 is 2.61 bits per heavy atom. The fourth-order valence-corrected chi connectivity index (χ4v) is 1.60. The molecule has 18 heavy (non-hydrogen) atoms. The number of hydrogen-bond acceptors (Lipinski definition) is 2. The van der Waals surface area contributed by atoms with E-state index in [1.807, 2.05) is 14.0 Å². The molecule has 5 heteroatoms. The van der Waals surface area contributed by atoms with Gasteiger partial charge in [-0.1, -0.05) is 12.1 Å². The van der Waals surface area contributed by atoms with Gasteiger partial charge >= 0.3 is 0 Å². The number of carbonyl (C=O) groups is 1. The largest absolute Gasteiger partial charge is 0.309 e. The van der Waals surface area contributed by atoms with Crippen LogP contribution in [0.15, 0.2) is 30.3 Å². The molecular weight excluding hydrogens is 233 g/mol. The first-order valence-corrected chi connectivity index (χ1v) is 5.59. The van der Waals surface area contributed by atoms with Crippen molar-refractivity contribution in [1.82, 2.24) is 9.78 Å². The van der Waals surface area contributed by atoms with Crippen molar-refractivity contribution in [2.45, 2.75) is 13.3 Å². The van der Waals surface area contributed by atoms with E-state index in [4.69, 9.17) is 0 Å². The van der Waals surface area contributed by atoms with E-state index in [0.717, 1.165) is 11.3 Å². The number of aromatic nitrogens is 2. The predicted octanol–water partition coefficient (Wildman–Crippen LogP) is 2.05. The molecule has 94 valence electrons. The van der Waals surface area contributed by atoms with Crippen LogP contribution in [0.25, 0.3) is 0 Å². The topological polar surface area (TPSA) is 46.9 Å². The molecule has 4 nitrogen and oxygen atoms in total. The summed E-state index contributed by atoms with van der Waals surface area (Å²) in [6, 6.07) is 7.67. The first-order valence-electron chi connectivity index (χ1n) is 5.59. The normalized spacial score (nSPS) is 10.4. The molecule has 0 saturated heterocycles. The smallest absolute Gasteiger partial charge is 0.229 e. The van der Waals surface area contributed by atoms with Crippen LogP contribution < -0.4 is 5.32 Å². The van der Waals surface area contributed by atoms with Gasteiger partial charge in [-0.3, -0.25) is 9.48 Å².